The quantitative estimate of drug-likeness (QED) is 0.133. The fraction of sp³-hybridized carbons (Fsp3) is 0.396. The average molecular weight is 813 g/mol. The van der Waals surface area contributed by atoms with Crippen molar-refractivity contribution in [3.05, 3.63) is 124 Å². The van der Waals surface area contributed by atoms with Crippen LogP contribution in [0.15, 0.2) is 77.3 Å². The van der Waals surface area contributed by atoms with E-state index in [9.17, 15) is 19.5 Å². The molecule has 1 saturated carbocycles. The Morgan fingerprint density at radius 1 is 0.933 bits per heavy atom. The van der Waals surface area contributed by atoms with Gasteiger partial charge in [0, 0.05) is 38.2 Å². The van der Waals surface area contributed by atoms with E-state index in [1.54, 1.807) is 20.0 Å². The molecule has 3 aromatic carbocycles. The smallest absolute Gasteiger partial charge is 0.326 e. The van der Waals surface area contributed by atoms with Crippen LogP contribution in [0.1, 0.15) is 101 Å². The number of ether oxygens (including phenoxy) is 3. The molecular weight excluding hydrogens is 761 g/mol. The van der Waals surface area contributed by atoms with Crippen LogP contribution in [0, 0.1) is 33.6 Å². The Balaban J connectivity index is 0.991. The Bertz CT molecular complexity index is 2380. The largest absolute Gasteiger partial charge is 0.490 e. The van der Waals surface area contributed by atoms with E-state index in [1.807, 2.05) is 80.6 Å². The van der Waals surface area contributed by atoms with Crippen molar-refractivity contribution in [1.82, 2.24) is 20.2 Å². The molecule has 1 fully saturated rings. The third-order valence-electron chi connectivity index (χ3n) is 12.4. The van der Waals surface area contributed by atoms with Crippen LogP contribution in [0.3, 0.4) is 0 Å². The topological polar surface area (TPSA) is 153 Å². The Morgan fingerprint density at radius 3 is 2.35 bits per heavy atom. The minimum absolute atomic E-state index is 0.0457. The average Bonchev–Trinajstić information content (AvgIpc) is 3.60. The third kappa shape index (κ3) is 8.59. The van der Waals surface area contributed by atoms with E-state index < -0.39 is 29.9 Å². The molecule has 0 bridgehead atoms. The van der Waals surface area contributed by atoms with Crippen molar-refractivity contribution in [2.75, 3.05) is 6.61 Å². The number of nitrogens with zero attached hydrogens (tertiary/aromatic N) is 3. The first-order valence-electron chi connectivity index (χ1n) is 21.0. The van der Waals surface area contributed by atoms with Gasteiger partial charge >= 0.3 is 5.97 Å². The summed E-state index contributed by atoms with van der Waals surface area (Å²) < 4.78 is 24.7. The number of nitrogens with one attached hydrogen (secondary N) is 1. The molecule has 2 aromatic heterocycles. The number of oxazole rings is 1. The number of carboxylic acids is 1. The third-order valence-corrected chi connectivity index (χ3v) is 12.4. The van der Waals surface area contributed by atoms with Crippen molar-refractivity contribution in [2.24, 2.45) is 5.92 Å². The van der Waals surface area contributed by atoms with Gasteiger partial charge in [-0.05, 0) is 122 Å². The fourth-order valence-electron chi connectivity index (χ4n) is 8.71. The molecule has 2 amide bonds. The minimum Gasteiger partial charge on any atom is -0.490 e. The summed E-state index contributed by atoms with van der Waals surface area (Å²) in [5, 5.41) is 13.1. The van der Waals surface area contributed by atoms with E-state index >= 15 is 0 Å². The highest BCUT2D eigenvalue weighted by Gasteiger charge is 2.39. The lowest BCUT2D eigenvalue weighted by molar-refractivity contribution is -0.142. The summed E-state index contributed by atoms with van der Waals surface area (Å²) in [5.41, 5.74) is 7.41. The molecule has 2 aliphatic heterocycles. The number of carboxylic acid groups (broad SMARTS) is 1. The van der Waals surface area contributed by atoms with Crippen molar-refractivity contribution in [1.29, 1.82) is 0 Å². The van der Waals surface area contributed by atoms with Crippen LogP contribution in [0.4, 0.5) is 0 Å². The highest BCUT2D eigenvalue weighted by molar-refractivity contribution is 5.98. The summed E-state index contributed by atoms with van der Waals surface area (Å²) in [6, 6.07) is 19.0. The number of pyridine rings is 1. The minimum atomic E-state index is -1.25. The normalized spacial score (nSPS) is 20.2. The molecule has 60 heavy (non-hydrogen) atoms. The van der Waals surface area contributed by atoms with Gasteiger partial charge in [0.05, 0.1) is 6.10 Å². The zero-order valence-corrected chi connectivity index (χ0v) is 34.8. The molecule has 0 saturated heterocycles. The monoisotopic (exact) mass is 812 g/mol. The number of hydrogen-bond donors (Lipinski definition) is 2. The van der Waals surface area contributed by atoms with E-state index in [-0.39, 0.29) is 43.9 Å². The van der Waals surface area contributed by atoms with Gasteiger partial charge in [0.1, 0.15) is 30.2 Å². The molecule has 0 spiro atoms. The van der Waals surface area contributed by atoms with Crippen LogP contribution in [-0.4, -0.2) is 62.6 Å². The highest BCUT2D eigenvalue weighted by atomic mass is 16.6. The summed E-state index contributed by atoms with van der Waals surface area (Å²) in [5.74, 6) is 1.12. The number of carbonyl (C=O) groups excluding carboxylic acids is 2. The molecule has 2 N–H and O–H groups in total. The summed E-state index contributed by atoms with van der Waals surface area (Å²) in [4.78, 5) is 51.2. The van der Waals surface area contributed by atoms with E-state index in [4.69, 9.17) is 18.6 Å². The first-order valence-corrected chi connectivity index (χ1v) is 21.0. The first-order chi connectivity index (χ1) is 28.9. The predicted octanol–water partition coefficient (Wildman–Crippen LogP) is 8.21. The summed E-state index contributed by atoms with van der Waals surface area (Å²) in [6.45, 7) is 9.89. The molecule has 12 nitrogen and oxygen atoms in total. The SMILES string of the molecule is CC[C@H]1CC[C@H](Oc2ccc([C@H]3COc4cc5c(cc4O3)CN(C(=O)c3nc(C)oc3C)[C@H](C(=O)N[C@@H](Cc3ccc(-c4ccnc(C)c4C)cc3)C(=O)O)C5)cc2)CC1. The number of aromatic nitrogens is 2. The second-order valence-electron chi connectivity index (χ2n) is 16.4. The van der Waals surface area contributed by atoms with Gasteiger partial charge in [-0.25, -0.2) is 9.78 Å². The van der Waals surface area contributed by atoms with Gasteiger partial charge in [0.2, 0.25) is 5.91 Å². The van der Waals surface area contributed by atoms with Crippen LogP contribution in [0.2, 0.25) is 0 Å². The number of benzene rings is 3. The molecule has 3 atom stereocenters. The fourth-order valence-corrected chi connectivity index (χ4v) is 8.71. The summed E-state index contributed by atoms with van der Waals surface area (Å²) in [6.07, 6.45) is 7.64. The molecule has 12 heteroatoms. The molecule has 0 radical (unpaired) electrons. The zero-order valence-electron chi connectivity index (χ0n) is 34.8. The second-order valence-corrected chi connectivity index (χ2v) is 16.4. The number of fused-ring (bicyclic) bond motifs is 2. The molecule has 0 unspecified atom stereocenters. The van der Waals surface area contributed by atoms with Crippen molar-refractivity contribution in [3.8, 4) is 28.4 Å². The van der Waals surface area contributed by atoms with Crippen molar-refractivity contribution >= 4 is 17.8 Å². The number of rotatable bonds is 11. The maximum absolute atomic E-state index is 14.2. The van der Waals surface area contributed by atoms with Gasteiger partial charge in [-0.2, -0.15) is 0 Å². The van der Waals surface area contributed by atoms with E-state index in [0.717, 1.165) is 69.1 Å². The van der Waals surface area contributed by atoms with E-state index in [2.05, 4.69) is 22.2 Å². The zero-order chi connectivity index (χ0) is 42.1. The van der Waals surface area contributed by atoms with E-state index in [0.29, 0.717) is 23.1 Å². The van der Waals surface area contributed by atoms with Gasteiger partial charge in [-0.3, -0.25) is 14.6 Å². The van der Waals surface area contributed by atoms with Crippen LogP contribution in [-0.2, 0) is 29.0 Å². The maximum Gasteiger partial charge on any atom is 0.326 e. The Kier molecular flexibility index (Phi) is 11.6. The number of aryl methyl sites for hydroxylation is 3. The number of hydrogen-bond acceptors (Lipinski definition) is 9. The Morgan fingerprint density at radius 2 is 1.67 bits per heavy atom. The van der Waals surface area contributed by atoms with Crippen molar-refractivity contribution in [3.63, 3.8) is 0 Å². The van der Waals surface area contributed by atoms with E-state index in [1.165, 1.54) is 24.2 Å². The molecule has 1 aliphatic carbocycles. The summed E-state index contributed by atoms with van der Waals surface area (Å²) in [7, 11) is 0. The number of carbonyl (C=O) groups is 3. The lowest BCUT2D eigenvalue weighted by Gasteiger charge is -2.37. The van der Waals surface area contributed by atoms with Crippen molar-refractivity contribution < 1.29 is 38.1 Å². The molecular formula is C48H52N4O8. The number of amides is 2. The lowest BCUT2D eigenvalue weighted by Crippen LogP contribution is -2.56. The lowest BCUT2D eigenvalue weighted by atomic mass is 9.86. The summed E-state index contributed by atoms with van der Waals surface area (Å²) >= 11 is 0. The van der Waals surface area contributed by atoms with Gasteiger partial charge in [0.25, 0.3) is 5.91 Å². The highest BCUT2D eigenvalue weighted by Crippen LogP contribution is 2.41. The van der Waals surface area contributed by atoms with Crippen molar-refractivity contribution in [2.45, 2.75) is 110 Å². The van der Waals surface area contributed by atoms with Gasteiger partial charge in [0.15, 0.2) is 29.2 Å². The van der Waals surface area contributed by atoms with Crippen LogP contribution < -0.4 is 19.5 Å². The molecule has 3 aliphatic rings. The van der Waals surface area contributed by atoms with Crippen LogP contribution >= 0.6 is 0 Å². The predicted molar refractivity (Wildman–Crippen MR) is 224 cm³/mol. The molecule has 312 valence electrons. The van der Waals surface area contributed by atoms with Crippen LogP contribution in [0.5, 0.6) is 17.2 Å². The molecule has 5 aromatic rings. The first kappa shape index (κ1) is 40.6. The Hall–Kier alpha value is -6.17. The molecule has 4 heterocycles. The second kappa shape index (κ2) is 17.2. The number of aliphatic carboxylic acids is 1. The molecule has 8 rings (SSSR count). The maximum atomic E-state index is 14.2. The van der Waals surface area contributed by atoms with Crippen LogP contribution in [0.25, 0.3) is 11.1 Å². The van der Waals surface area contributed by atoms with Gasteiger partial charge in [-0.15, -0.1) is 0 Å². The van der Waals surface area contributed by atoms with Gasteiger partial charge in [-0.1, -0.05) is 49.7 Å². The van der Waals surface area contributed by atoms with Gasteiger partial charge < -0.3 is 34.0 Å². The standard InChI is InChI=1S/C48H52N4O8/c1-6-31-9-15-37(16-10-31)59-38-17-13-34(14-18-38)44-26-57-42-23-35-22-41(52(25-36(35)24-43(42)60-44)47(54)45-29(4)58-30(5)50-45)46(53)51-40(48(55)56)21-32-7-11-33(12-8-32)39-19-20-49-28(3)27(39)2/h7-8,11-14,17-20,23-24,31,37,40-41,44H,6,9-10,15-16,21-22,25-26H2,1-5H3,(H,51,53)(H,55,56)/t31-,37-,40-,41-,44+/m0/s1. The Labute approximate surface area is 350 Å².